The van der Waals surface area contributed by atoms with Gasteiger partial charge in [0.15, 0.2) is 6.10 Å². The average molecular weight is 305 g/mol. The number of anilines is 1. The summed E-state index contributed by atoms with van der Waals surface area (Å²) in [6, 6.07) is 14.5. The highest BCUT2D eigenvalue weighted by atomic mass is 35.5. The number of rotatable bonds is 5. The third-order valence-electron chi connectivity index (χ3n) is 2.99. The molecule has 1 amide bonds. The molecule has 2 aromatic carbocycles. The van der Waals surface area contributed by atoms with Gasteiger partial charge in [-0.05, 0) is 31.2 Å². The van der Waals surface area contributed by atoms with E-state index in [9.17, 15) is 4.79 Å². The molecule has 0 aliphatic rings. The van der Waals surface area contributed by atoms with E-state index < -0.39 is 6.10 Å². The maximum Gasteiger partial charge on any atom is 0.265 e. The summed E-state index contributed by atoms with van der Waals surface area (Å²) in [5.41, 5.74) is 7.08. The van der Waals surface area contributed by atoms with Gasteiger partial charge in [-0.3, -0.25) is 4.79 Å². The second-order valence-corrected chi connectivity index (χ2v) is 4.94. The molecule has 21 heavy (non-hydrogen) atoms. The van der Waals surface area contributed by atoms with Crippen LogP contribution in [0.3, 0.4) is 0 Å². The number of hydrogen-bond acceptors (Lipinski definition) is 3. The van der Waals surface area contributed by atoms with Gasteiger partial charge in [0.1, 0.15) is 5.75 Å². The zero-order chi connectivity index (χ0) is 15.2. The number of para-hydroxylation sites is 1. The fraction of sp³-hybridized carbons (Fsp3) is 0.188. The summed E-state index contributed by atoms with van der Waals surface area (Å²) < 4.78 is 5.67. The molecule has 1 atom stereocenters. The minimum absolute atomic E-state index is 0.232. The van der Waals surface area contributed by atoms with Crippen LogP contribution >= 0.6 is 11.6 Å². The van der Waals surface area contributed by atoms with Crippen molar-refractivity contribution in [2.75, 3.05) is 5.32 Å². The summed E-state index contributed by atoms with van der Waals surface area (Å²) in [6.07, 6.45) is -0.658. The first-order valence-electron chi connectivity index (χ1n) is 6.62. The number of benzene rings is 2. The standard InChI is InChI=1S/C16H17ClN2O2/c1-11(16(20)19-12-6-3-2-4-7-12)21-15-9-5-8-14(17)13(15)10-18/h2-9,11H,10,18H2,1H3,(H,19,20). The first kappa shape index (κ1) is 15.4. The van der Waals surface area contributed by atoms with E-state index in [0.29, 0.717) is 16.3 Å². The molecule has 5 heteroatoms. The molecular formula is C16H17ClN2O2. The Kier molecular flexibility index (Phi) is 5.20. The summed E-state index contributed by atoms with van der Waals surface area (Å²) in [5, 5.41) is 3.32. The van der Waals surface area contributed by atoms with Crippen molar-refractivity contribution in [3.05, 3.63) is 59.1 Å². The zero-order valence-electron chi connectivity index (χ0n) is 11.7. The summed E-state index contributed by atoms with van der Waals surface area (Å²) in [6.45, 7) is 1.93. The smallest absolute Gasteiger partial charge is 0.265 e. The van der Waals surface area contributed by atoms with Crippen molar-refractivity contribution >= 4 is 23.2 Å². The van der Waals surface area contributed by atoms with Gasteiger partial charge < -0.3 is 15.8 Å². The van der Waals surface area contributed by atoms with Crippen molar-refractivity contribution in [3.8, 4) is 5.75 Å². The van der Waals surface area contributed by atoms with Crippen LogP contribution in [0.25, 0.3) is 0 Å². The van der Waals surface area contributed by atoms with Gasteiger partial charge in [-0.25, -0.2) is 0 Å². The van der Waals surface area contributed by atoms with Crippen LogP contribution in [0.4, 0.5) is 5.69 Å². The van der Waals surface area contributed by atoms with Gasteiger partial charge >= 0.3 is 0 Å². The van der Waals surface area contributed by atoms with Gasteiger partial charge in [0.05, 0.1) is 0 Å². The first-order chi connectivity index (χ1) is 10.1. The van der Waals surface area contributed by atoms with Gasteiger partial charge in [0.25, 0.3) is 5.91 Å². The molecule has 0 spiro atoms. The van der Waals surface area contributed by atoms with Crippen LogP contribution < -0.4 is 15.8 Å². The lowest BCUT2D eigenvalue weighted by molar-refractivity contribution is -0.122. The van der Waals surface area contributed by atoms with E-state index in [1.165, 1.54) is 0 Å². The third kappa shape index (κ3) is 3.97. The number of nitrogens with two attached hydrogens (primary N) is 1. The van der Waals surface area contributed by atoms with Gasteiger partial charge in [-0.1, -0.05) is 35.9 Å². The van der Waals surface area contributed by atoms with Crippen molar-refractivity contribution < 1.29 is 9.53 Å². The summed E-state index contributed by atoms with van der Waals surface area (Å²) in [5.74, 6) is 0.296. The van der Waals surface area contributed by atoms with E-state index in [4.69, 9.17) is 22.1 Å². The second-order valence-electron chi connectivity index (χ2n) is 4.54. The van der Waals surface area contributed by atoms with Crippen LogP contribution in [-0.2, 0) is 11.3 Å². The van der Waals surface area contributed by atoms with Gasteiger partial charge in [0, 0.05) is 22.8 Å². The SMILES string of the molecule is CC(Oc1cccc(Cl)c1CN)C(=O)Nc1ccccc1. The van der Waals surface area contributed by atoms with Crippen molar-refractivity contribution in [3.63, 3.8) is 0 Å². The topological polar surface area (TPSA) is 64.3 Å². The van der Waals surface area contributed by atoms with Crippen molar-refractivity contribution in [1.82, 2.24) is 0 Å². The summed E-state index contributed by atoms with van der Waals surface area (Å²) in [7, 11) is 0. The van der Waals surface area contributed by atoms with Crippen LogP contribution in [0.2, 0.25) is 5.02 Å². The quantitative estimate of drug-likeness (QED) is 0.891. The predicted octanol–water partition coefficient (Wildman–Crippen LogP) is 3.20. The monoisotopic (exact) mass is 304 g/mol. The molecule has 0 fully saturated rings. The lowest BCUT2D eigenvalue weighted by Crippen LogP contribution is -2.30. The minimum Gasteiger partial charge on any atom is -0.480 e. The molecule has 110 valence electrons. The molecule has 0 aromatic heterocycles. The molecule has 3 N–H and O–H groups in total. The predicted molar refractivity (Wildman–Crippen MR) is 84.5 cm³/mol. The number of carbonyl (C=O) groups is 1. The van der Waals surface area contributed by atoms with Crippen LogP contribution in [0.5, 0.6) is 5.75 Å². The summed E-state index contributed by atoms with van der Waals surface area (Å²) in [4.78, 5) is 12.1. The Morgan fingerprint density at radius 3 is 2.62 bits per heavy atom. The Labute approximate surface area is 128 Å². The maximum atomic E-state index is 12.1. The normalized spacial score (nSPS) is 11.8. The third-order valence-corrected chi connectivity index (χ3v) is 3.35. The number of ether oxygens (including phenoxy) is 1. The van der Waals surface area contributed by atoms with E-state index >= 15 is 0 Å². The first-order valence-corrected chi connectivity index (χ1v) is 6.99. The van der Waals surface area contributed by atoms with E-state index in [0.717, 1.165) is 5.69 Å². The van der Waals surface area contributed by atoms with E-state index in [1.807, 2.05) is 30.3 Å². The molecule has 0 saturated carbocycles. The number of hydrogen-bond donors (Lipinski definition) is 2. The Hall–Kier alpha value is -2.04. The number of nitrogens with one attached hydrogen (secondary N) is 1. The van der Waals surface area contributed by atoms with Crippen LogP contribution in [0.1, 0.15) is 12.5 Å². The highest BCUT2D eigenvalue weighted by molar-refractivity contribution is 6.31. The molecule has 0 radical (unpaired) electrons. The molecule has 1 unspecified atom stereocenters. The second kappa shape index (κ2) is 7.11. The van der Waals surface area contributed by atoms with Gasteiger partial charge in [0.2, 0.25) is 0 Å². The van der Waals surface area contributed by atoms with Gasteiger partial charge in [-0.15, -0.1) is 0 Å². The van der Waals surface area contributed by atoms with Crippen LogP contribution in [0, 0.1) is 0 Å². The molecule has 2 aromatic rings. The largest absolute Gasteiger partial charge is 0.480 e. The Bertz CT molecular complexity index is 617. The van der Waals surface area contributed by atoms with Crippen molar-refractivity contribution in [1.29, 1.82) is 0 Å². The van der Waals surface area contributed by atoms with Crippen LogP contribution in [0.15, 0.2) is 48.5 Å². The molecule has 0 bridgehead atoms. The molecule has 0 aliphatic carbocycles. The summed E-state index contributed by atoms with van der Waals surface area (Å²) >= 11 is 6.06. The molecule has 4 nitrogen and oxygen atoms in total. The fourth-order valence-electron chi connectivity index (χ4n) is 1.86. The van der Waals surface area contributed by atoms with Gasteiger partial charge in [-0.2, -0.15) is 0 Å². The Morgan fingerprint density at radius 1 is 1.24 bits per heavy atom. The molecule has 2 rings (SSSR count). The fourth-order valence-corrected chi connectivity index (χ4v) is 2.10. The lowest BCUT2D eigenvalue weighted by atomic mass is 10.2. The highest BCUT2D eigenvalue weighted by Gasteiger charge is 2.17. The Morgan fingerprint density at radius 2 is 1.95 bits per heavy atom. The van der Waals surface area contributed by atoms with Crippen molar-refractivity contribution in [2.45, 2.75) is 19.6 Å². The zero-order valence-corrected chi connectivity index (χ0v) is 12.4. The van der Waals surface area contributed by atoms with Crippen molar-refractivity contribution in [2.24, 2.45) is 5.73 Å². The van der Waals surface area contributed by atoms with Crippen LogP contribution in [-0.4, -0.2) is 12.0 Å². The molecule has 0 saturated heterocycles. The number of halogens is 1. The maximum absolute atomic E-state index is 12.1. The molecule has 0 heterocycles. The lowest BCUT2D eigenvalue weighted by Gasteiger charge is -2.17. The molecular weight excluding hydrogens is 288 g/mol. The molecule has 0 aliphatic heterocycles. The number of carbonyl (C=O) groups excluding carboxylic acids is 1. The highest BCUT2D eigenvalue weighted by Crippen LogP contribution is 2.26. The average Bonchev–Trinajstić information content (AvgIpc) is 2.48. The van der Waals surface area contributed by atoms with E-state index in [1.54, 1.807) is 25.1 Å². The Balaban J connectivity index is 2.06. The van der Waals surface area contributed by atoms with E-state index in [-0.39, 0.29) is 12.5 Å². The van der Waals surface area contributed by atoms with E-state index in [2.05, 4.69) is 5.32 Å². The minimum atomic E-state index is -0.658. The number of amides is 1.